The van der Waals surface area contributed by atoms with Gasteiger partial charge in [0.25, 0.3) is 0 Å². The van der Waals surface area contributed by atoms with Crippen molar-refractivity contribution in [1.82, 2.24) is 0 Å². The summed E-state index contributed by atoms with van der Waals surface area (Å²) in [7, 11) is 0. The Balaban J connectivity index is 4.49. The first-order chi connectivity index (χ1) is 4.63. The predicted octanol–water partition coefficient (Wildman–Crippen LogP) is 3.23. The van der Waals surface area contributed by atoms with Crippen LogP contribution in [0.3, 0.4) is 0 Å². The minimum absolute atomic E-state index is 1.01. The van der Waals surface area contributed by atoms with Crippen LogP contribution >= 0.6 is 11.6 Å². The van der Waals surface area contributed by atoms with E-state index in [2.05, 4.69) is 11.6 Å². The lowest BCUT2D eigenvalue weighted by molar-refractivity contribution is -0.102. The highest BCUT2D eigenvalue weighted by atomic mass is 35.5. The molecule has 0 bridgehead atoms. The van der Waals surface area contributed by atoms with Gasteiger partial charge < -0.3 is 0 Å². The van der Waals surface area contributed by atoms with Gasteiger partial charge in [0.15, 0.2) is 0 Å². The molecule has 0 aromatic rings. The number of allylic oxidation sites excluding steroid dienone is 2. The molecule has 0 aliphatic carbocycles. The summed E-state index contributed by atoms with van der Waals surface area (Å²) < 4.78 is 67.4. The van der Waals surface area contributed by atoms with E-state index in [1.807, 2.05) is 0 Å². The summed E-state index contributed by atoms with van der Waals surface area (Å²) in [6.45, 7) is 0. The van der Waals surface area contributed by atoms with Gasteiger partial charge in [-0.3, -0.25) is 0 Å². The van der Waals surface area contributed by atoms with Crippen LogP contribution in [0.4, 0.5) is 26.3 Å². The smallest absolute Gasteiger partial charge is 0.167 e. The van der Waals surface area contributed by atoms with Crippen molar-refractivity contribution in [2.45, 2.75) is 12.4 Å². The van der Waals surface area contributed by atoms with E-state index in [1.165, 1.54) is 0 Å². The molecule has 0 rings (SSSR count). The Bertz CT molecular complexity index is 162. The van der Waals surface area contributed by atoms with Crippen molar-refractivity contribution >= 4 is 11.6 Å². The standard InChI is InChI=1S/C4HClF6/c5-2(4(9,10)11)1-3(6,7)8/h1H/b2-1+. The first-order valence-corrected chi connectivity index (χ1v) is 2.53. The molecule has 0 aliphatic heterocycles. The highest BCUT2D eigenvalue weighted by Gasteiger charge is 2.37. The maximum Gasteiger partial charge on any atom is 0.426 e. The van der Waals surface area contributed by atoms with Crippen molar-refractivity contribution in [3.05, 3.63) is 11.1 Å². The second-order valence-electron chi connectivity index (χ2n) is 1.53. The Labute approximate surface area is 62.4 Å². The third-order valence-electron chi connectivity index (χ3n) is 0.561. The average Bonchev–Trinajstić information content (AvgIpc) is 1.56. The molecule has 0 atom stereocenters. The molecule has 11 heavy (non-hydrogen) atoms. The Hall–Kier alpha value is -0.390. The van der Waals surface area contributed by atoms with E-state index >= 15 is 0 Å². The first-order valence-electron chi connectivity index (χ1n) is 2.15. The molecule has 0 radical (unpaired) electrons. The molecule has 0 saturated heterocycles. The van der Waals surface area contributed by atoms with Gasteiger partial charge in [-0.1, -0.05) is 11.6 Å². The summed E-state index contributed by atoms with van der Waals surface area (Å²) in [6, 6.07) is 0. The average molecular weight is 198 g/mol. The largest absolute Gasteiger partial charge is 0.426 e. The van der Waals surface area contributed by atoms with Gasteiger partial charge in [-0.05, 0) is 0 Å². The fourth-order valence-corrected chi connectivity index (χ4v) is 0.349. The number of halogens is 7. The maximum absolute atomic E-state index is 11.3. The Morgan fingerprint density at radius 2 is 1.36 bits per heavy atom. The van der Waals surface area contributed by atoms with Crippen LogP contribution in [-0.2, 0) is 0 Å². The molecule has 0 spiro atoms. The lowest BCUT2D eigenvalue weighted by Crippen LogP contribution is -2.12. The molecule has 0 unspecified atom stereocenters. The third kappa shape index (κ3) is 4.94. The zero-order valence-electron chi connectivity index (χ0n) is 4.72. The lowest BCUT2D eigenvalue weighted by atomic mass is 10.5. The van der Waals surface area contributed by atoms with Crippen LogP contribution in [0.1, 0.15) is 0 Å². The summed E-state index contributed by atoms with van der Waals surface area (Å²) in [6.07, 6.45) is -11.2. The molecule has 7 heteroatoms. The maximum atomic E-state index is 11.3. The van der Waals surface area contributed by atoms with E-state index in [4.69, 9.17) is 0 Å². The number of rotatable bonds is 0. The molecule has 0 saturated carbocycles. The van der Waals surface area contributed by atoms with E-state index in [-0.39, 0.29) is 0 Å². The molecular formula is C4HClF6. The summed E-state index contributed by atoms with van der Waals surface area (Å²) in [4.78, 5) is 0. The Kier molecular flexibility index (Phi) is 2.82. The fourth-order valence-electron chi connectivity index (χ4n) is 0.226. The first kappa shape index (κ1) is 10.6. The van der Waals surface area contributed by atoms with Crippen LogP contribution in [0.5, 0.6) is 0 Å². The van der Waals surface area contributed by atoms with Crippen LogP contribution in [0.2, 0.25) is 0 Å². The molecule has 0 nitrogen and oxygen atoms in total. The Morgan fingerprint density at radius 1 is 1.00 bits per heavy atom. The van der Waals surface area contributed by atoms with E-state index in [1.54, 1.807) is 0 Å². The van der Waals surface area contributed by atoms with E-state index < -0.39 is 23.5 Å². The molecular weight excluding hydrogens is 197 g/mol. The summed E-state index contributed by atoms with van der Waals surface area (Å²) in [5.41, 5.74) is 0. The van der Waals surface area contributed by atoms with Crippen LogP contribution in [0.15, 0.2) is 11.1 Å². The van der Waals surface area contributed by atoms with Crippen LogP contribution in [0.25, 0.3) is 0 Å². The van der Waals surface area contributed by atoms with Gasteiger partial charge in [0.05, 0.1) is 0 Å². The van der Waals surface area contributed by atoms with Crippen molar-refractivity contribution in [3.8, 4) is 0 Å². The fraction of sp³-hybridized carbons (Fsp3) is 0.500. The van der Waals surface area contributed by atoms with Crippen molar-refractivity contribution in [2.75, 3.05) is 0 Å². The molecule has 0 aromatic heterocycles. The van der Waals surface area contributed by atoms with Crippen LogP contribution in [-0.4, -0.2) is 12.4 Å². The second-order valence-corrected chi connectivity index (χ2v) is 1.94. The molecule has 0 heterocycles. The molecule has 0 aliphatic rings. The van der Waals surface area contributed by atoms with Crippen molar-refractivity contribution in [3.63, 3.8) is 0 Å². The van der Waals surface area contributed by atoms with E-state index in [0.29, 0.717) is 0 Å². The van der Waals surface area contributed by atoms with E-state index in [9.17, 15) is 26.3 Å². The van der Waals surface area contributed by atoms with Gasteiger partial charge in [0.1, 0.15) is 5.03 Å². The van der Waals surface area contributed by atoms with Crippen molar-refractivity contribution < 1.29 is 26.3 Å². The van der Waals surface area contributed by atoms with Gasteiger partial charge in [-0.25, -0.2) is 0 Å². The number of alkyl halides is 6. The highest BCUT2D eigenvalue weighted by molar-refractivity contribution is 6.30. The number of hydrogen-bond donors (Lipinski definition) is 0. The summed E-state index contributed by atoms with van der Waals surface area (Å²) in [5, 5.41) is -2.18. The zero-order chi connectivity index (χ0) is 9.28. The number of hydrogen-bond acceptors (Lipinski definition) is 0. The van der Waals surface area contributed by atoms with Gasteiger partial charge in [0.2, 0.25) is 0 Å². The van der Waals surface area contributed by atoms with Crippen molar-refractivity contribution in [2.24, 2.45) is 0 Å². The Morgan fingerprint density at radius 3 is 1.45 bits per heavy atom. The molecule has 66 valence electrons. The van der Waals surface area contributed by atoms with Gasteiger partial charge >= 0.3 is 12.4 Å². The quantitative estimate of drug-likeness (QED) is 0.524. The third-order valence-corrected chi connectivity index (χ3v) is 0.885. The molecule has 0 amide bonds. The zero-order valence-corrected chi connectivity index (χ0v) is 5.48. The minimum atomic E-state index is -5.13. The molecule has 0 aromatic carbocycles. The summed E-state index contributed by atoms with van der Waals surface area (Å²) >= 11 is 4.26. The molecule has 0 N–H and O–H groups in total. The van der Waals surface area contributed by atoms with Gasteiger partial charge in [-0.2, -0.15) is 26.3 Å². The lowest BCUT2D eigenvalue weighted by Gasteiger charge is -2.05. The monoisotopic (exact) mass is 198 g/mol. The topological polar surface area (TPSA) is 0 Å². The van der Waals surface area contributed by atoms with E-state index in [0.717, 1.165) is 0 Å². The predicted molar refractivity (Wildman–Crippen MR) is 26.0 cm³/mol. The summed E-state index contributed by atoms with van der Waals surface area (Å²) in [5.74, 6) is 0. The van der Waals surface area contributed by atoms with Gasteiger partial charge in [-0.15, -0.1) is 0 Å². The van der Waals surface area contributed by atoms with Crippen LogP contribution < -0.4 is 0 Å². The SMILES string of the molecule is FC(F)(F)/C=C(/Cl)C(F)(F)F. The minimum Gasteiger partial charge on any atom is -0.167 e. The molecule has 0 fully saturated rings. The van der Waals surface area contributed by atoms with Gasteiger partial charge in [0, 0.05) is 6.08 Å². The highest BCUT2D eigenvalue weighted by Crippen LogP contribution is 2.32. The van der Waals surface area contributed by atoms with Crippen LogP contribution in [0, 0.1) is 0 Å². The second kappa shape index (κ2) is 2.92. The normalized spacial score (nSPS) is 15.4. The van der Waals surface area contributed by atoms with Crippen molar-refractivity contribution in [1.29, 1.82) is 0 Å².